The standard InChI is InChI=1S/C15H18N2OS/c1-9-6-10(2)14(16)7-13(9)15(18)17-8-12-5-4-11(3)19-12/h4-7H,8,16H2,1-3H3,(H,17,18). The van der Waals surface area contributed by atoms with Crippen LogP contribution in [0.2, 0.25) is 0 Å². The van der Waals surface area contributed by atoms with Gasteiger partial charge in [-0.15, -0.1) is 11.3 Å². The van der Waals surface area contributed by atoms with Crippen molar-refractivity contribution in [2.24, 2.45) is 0 Å². The van der Waals surface area contributed by atoms with Gasteiger partial charge in [0.2, 0.25) is 0 Å². The Morgan fingerprint density at radius 2 is 1.95 bits per heavy atom. The molecule has 4 heteroatoms. The van der Waals surface area contributed by atoms with Gasteiger partial charge in [-0.3, -0.25) is 4.79 Å². The molecule has 0 atom stereocenters. The largest absolute Gasteiger partial charge is 0.398 e. The van der Waals surface area contributed by atoms with Crippen molar-refractivity contribution in [1.29, 1.82) is 0 Å². The molecule has 0 aliphatic rings. The Morgan fingerprint density at radius 1 is 1.21 bits per heavy atom. The smallest absolute Gasteiger partial charge is 0.251 e. The normalized spacial score (nSPS) is 10.5. The van der Waals surface area contributed by atoms with E-state index in [1.165, 1.54) is 4.88 Å². The van der Waals surface area contributed by atoms with E-state index in [9.17, 15) is 4.79 Å². The van der Waals surface area contributed by atoms with Gasteiger partial charge in [-0.2, -0.15) is 0 Å². The third-order valence-electron chi connectivity index (χ3n) is 3.08. The van der Waals surface area contributed by atoms with Crippen LogP contribution in [-0.2, 0) is 6.54 Å². The summed E-state index contributed by atoms with van der Waals surface area (Å²) < 4.78 is 0. The molecule has 0 fully saturated rings. The van der Waals surface area contributed by atoms with Crippen LogP contribution >= 0.6 is 11.3 Å². The first-order valence-electron chi connectivity index (χ1n) is 6.17. The molecule has 1 aromatic carbocycles. The minimum absolute atomic E-state index is 0.0738. The SMILES string of the molecule is Cc1ccc(CNC(=O)c2cc(N)c(C)cc2C)s1. The van der Waals surface area contributed by atoms with Crippen LogP contribution in [-0.4, -0.2) is 5.91 Å². The molecule has 0 saturated carbocycles. The summed E-state index contributed by atoms with van der Waals surface area (Å²) in [4.78, 5) is 14.6. The number of rotatable bonds is 3. The maximum absolute atomic E-state index is 12.1. The average Bonchev–Trinajstić information content (AvgIpc) is 2.77. The molecule has 2 rings (SSSR count). The number of thiophene rings is 1. The fourth-order valence-corrected chi connectivity index (χ4v) is 2.79. The molecule has 3 N–H and O–H groups in total. The summed E-state index contributed by atoms with van der Waals surface area (Å²) in [7, 11) is 0. The first kappa shape index (κ1) is 13.6. The van der Waals surface area contributed by atoms with Crippen molar-refractivity contribution in [2.75, 3.05) is 5.73 Å². The summed E-state index contributed by atoms with van der Waals surface area (Å²) in [6.07, 6.45) is 0. The van der Waals surface area contributed by atoms with Crippen molar-refractivity contribution in [3.8, 4) is 0 Å². The van der Waals surface area contributed by atoms with Crippen LogP contribution in [0.15, 0.2) is 24.3 Å². The Hall–Kier alpha value is -1.81. The molecule has 1 heterocycles. The summed E-state index contributed by atoms with van der Waals surface area (Å²) >= 11 is 1.70. The fraction of sp³-hybridized carbons (Fsp3) is 0.267. The zero-order chi connectivity index (χ0) is 14.0. The first-order valence-corrected chi connectivity index (χ1v) is 6.99. The second kappa shape index (κ2) is 5.45. The predicted molar refractivity (Wildman–Crippen MR) is 80.6 cm³/mol. The van der Waals surface area contributed by atoms with Crippen molar-refractivity contribution in [1.82, 2.24) is 5.32 Å². The molecule has 0 radical (unpaired) electrons. The number of anilines is 1. The topological polar surface area (TPSA) is 55.1 Å². The fourth-order valence-electron chi connectivity index (χ4n) is 1.96. The molecule has 1 amide bonds. The van der Waals surface area contributed by atoms with E-state index in [0.29, 0.717) is 17.8 Å². The number of aryl methyl sites for hydroxylation is 3. The van der Waals surface area contributed by atoms with Gasteiger partial charge in [0, 0.05) is 21.0 Å². The van der Waals surface area contributed by atoms with Gasteiger partial charge < -0.3 is 11.1 Å². The summed E-state index contributed by atoms with van der Waals surface area (Å²) in [5.74, 6) is -0.0738. The molecule has 3 nitrogen and oxygen atoms in total. The van der Waals surface area contributed by atoms with Gasteiger partial charge in [-0.1, -0.05) is 6.07 Å². The van der Waals surface area contributed by atoms with E-state index in [1.54, 1.807) is 17.4 Å². The Kier molecular flexibility index (Phi) is 3.90. The average molecular weight is 274 g/mol. The second-order valence-electron chi connectivity index (χ2n) is 4.72. The molecule has 0 spiro atoms. The highest BCUT2D eigenvalue weighted by atomic mass is 32.1. The lowest BCUT2D eigenvalue weighted by Crippen LogP contribution is -2.23. The lowest BCUT2D eigenvalue weighted by Gasteiger charge is -2.09. The predicted octanol–water partition coefficient (Wildman–Crippen LogP) is 3.19. The molecular weight excluding hydrogens is 256 g/mol. The minimum atomic E-state index is -0.0738. The lowest BCUT2D eigenvalue weighted by atomic mass is 10.0. The number of benzene rings is 1. The Morgan fingerprint density at radius 3 is 2.58 bits per heavy atom. The molecule has 0 aliphatic carbocycles. The van der Waals surface area contributed by atoms with Crippen LogP contribution in [0.5, 0.6) is 0 Å². The number of nitrogens with one attached hydrogen (secondary N) is 1. The van der Waals surface area contributed by atoms with Gasteiger partial charge in [-0.25, -0.2) is 0 Å². The minimum Gasteiger partial charge on any atom is -0.398 e. The highest BCUT2D eigenvalue weighted by Gasteiger charge is 2.11. The highest BCUT2D eigenvalue weighted by Crippen LogP contribution is 2.18. The van der Waals surface area contributed by atoms with Crippen LogP contribution < -0.4 is 11.1 Å². The van der Waals surface area contributed by atoms with Gasteiger partial charge in [0.15, 0.2) is 0 Å². The number of nitrogen functional groups attached to an aromatic ring is 1. The first-order chi connectivity index (χ1) is 8.97. The molecule has 19 heavy (non-hydrogen) atoms. The van der Waals surface area contributed by atoms with Crippen LogP contribution in [0.3, 0.4) is 0 Å². The molecular formula is C15H18N2OS. The highest BCUT2D eigenvalue weighted by molar-refractivity contribution is 7.11. The number of carbonyl (C=O) groups excluding carboxylic acids is 1. The summed E-state index contributed by atoms with van der Waals surface area (Å²) in [6.45, 7) is 6.49. The van der Waals surface area contributed by atoms with E-state index < -0.39 is 0 Å². The number of hydrogen-bond donors (Lipinski definition) is 2. The second-order valence-corrected chi connectivity index (χ2v) is 6.09. The lowest BCUT2D eigenvalue weighted by molar-refractivity contribution is 0.0950. The maximum atomic E-state index is 12.1. The number of carbonyl (C=O) groups is 1. The van der Waals surface area contributed by atoms with Gasteiger partial charge >= 0.3 is 0 Å². The van der Waals surface area contributed by atoms with Crippen molar-refractivity contribution in [3.63, 3.8) is 0 Å². The van der Waals surface area contributed by atoms with Gasteiger partial charge in [0.05, 0.1) is 6.54 Å². The van der Waals surface area contributed by atoms with E-state index in [-0.39, 0.29) is 5.91 Å². The van der Waals surface area contributed by atoms with Gasteiger partial charge in [0.25, 0.3) is 5.91 Å². The Balaban J connectivity index is 2.10. The van der Waals surface area contributed by atoms with Crippen molar-refractivity contribution >= 4 is 22.9 Å². The number of amides is 1. The maximum Gasteiger partial charge on any atom is 0.251 e. The Labute approximate surface area is 117 Å². The molecule has 100 valence electrons. The van der Waals surface area contributed by atoms with E-state index in [1.807, 2.05) is 26.0 Å². The van der Waals surface area contributed by atoms with E-state index in [4.69, 9.17) is 5.73 Å². The van der Waals surface area contributed by atoms with E-state index >= 15 is 0 Å². The monoisotopic (exact) mass is 274 g/mol. The molecule has 0 bridgehead atoms. The Bertz CT molecular complexity index is 617. The van der Waals surface area contributed by atoms with Gasteiger partial charge in [0.1, 0.15) is 0 Å². The van der Waals surface area contributed by atoms with Crippen molar-refractivity contribution < 1.29 is 4.79 Å². The van der Waals surface area contributed by atoms with Crippen LogP contribution in [0.4, 0.5) is 5.69 Å². The quantitative estimate of drug-likeness (QED) is 0.845. The summed E-state index contributed by atoms with van der Waals surface area (Å²) in [6, 6.07) is 7.79. The number of nitrogens with two attached hydrogens (primary N) is 1. The van der Waals surface area contributed by atoms with Crippen molar-refractivity contribution in [2.45, 2.75) is 27.3 Å². The summed E-state index contributed by atoms with van der Waals surface area (Å²) in [5, 5.41) is 2.93. The molecule has 0 unspecified atom stereocenters. The molecule has 2 aromatic rings. The molecule has 0 aliphatic heterocycles. The molecule has 0 saturated heterocycles. The van der Waals surface area contributed by atoms with Crippen LogP contribution in [0, 0.1) is 20.8 Å². The summed E-state index contributed by atoms with van der Waals surface area (Å²) in [5.41, 5.74) is 9.12. The van der Waals surface area contributed by atoms with Crippen LogP contribution in [0.25, 0.3) is 0 Å². The number of hydrogen-bond acceptors (Lipinski definition) is 3. The van der Waals surface area contributed by atoms with Gasteiger partial charge in [-0.05, 0) is 50.1 Å². The third kappa shape index (κ3) is 3.15. The zero-order valence-electron chi connectivity index (χ0n) is 11.4. The van der Waals surface area contributed by atoms with Crippen LogP contribution in [0.1, 0.15) is 31.2 Å². The van der Waals surface area contributed by atoms with E-state index in [2.05, 4.69) is 18.3 Å². The van der Waals surface area contributed by atoms with Crippen molar-refractivity contribution in [3.05, 3.63) is 50.7 Å². The third-order valence-corrected chi connectivity index (χ3v) is 4.08. The van der Waals surface area contributed by atoms with E-state index in [0.717, 1.165) is 16.0 Å². The zero-order valence-corrected chi connectivity index (χ0v) is 12.2. The molecule has 1 aromatic heterocycles.